The van der Waals surface area contributed by atoms with Crippen LogP contribution in [0.2, 0.25) is 0 Å². The van der Waals surface area contributed by atoms with E-state index in [4.69, 9.17) is 10.0 Å². The van der Waals surface area contributed by atoms with Crippen LogP contribution in [-0.2, 0) is 22.6 Å². The molecule has 0 aliphatic carbocycles. The number of aromatic nitrogens is 1. The number of benzene rings is 2. The molecule has 3 rings (SSSR count). The van der Waals surface area contributed by atoms with E-state index in [9.17, 15) is 4.79 Å². The van der Waals surface area contributed by atoms with Crippen LogP contribution in [0, 0.1) is 0 Å². The number of nitrogens with zero attached hydrogens (tertiary/aromatic N) is 1. The number of fused-ring (bicyclic) bond motifs is 1. The van der Waals surface area contributed by atoms with Crippen molar-refractivity contribution in [3.8, 4) is 0 Å². The van der Waals surface area contributed by atoms with Crippen molar-refractivity contribution in [2.24, 2.45) is 0 Å². The lowest BCUT2D eigenvalue weighted by Gasteiger charge is -2.21. The minimum Gasteiger partial charge on any atom is -0.361 e. The maximum absolute atomic E-state index is 11.0. The number of amides is 1. The standard InChI is InChI=1S/C22H25N3O3/c1-2-28-25(14-13-19-15-23-21-6-4-3-5-20(19)21)16-18-9-7-17(8-10-18)11-12-22(26)24-27/h3-12,15,23,27H,2,13-14,16H2,1H3,(H,24,26)/b12-11+. The summed E-state index contributed by atoms with van der Waals surface area (Å²) in [5.74, 6) is -0.552. The topological polar surface area (TPSA) is 77.6 Å². The fourth-order valence-corrected chi connectivity index (χ4v) is 3.10. The summed E-state index contributed by atoms with van der Waals surface area (Å²) in [7, 11) is 0. The summed E-state index contributed by atoms with van der Waals surface area (Å²) < 4.78 is 0. The third-order valence-corrected chi connectivity index (χ3v) is 4.49. The van der Waals surface area contributed by atoms with Crippen LogP contribution in [0.25, 0.3) is 17.0 Å². The number of para-hydroxylation sites is 1. The van der Waals surface area contributed by atoms with Crippen LogP contribution in [-0.4, -0.2) is 34.3 Å². The van der Waals surface area contributed by atoms with E-state index in [1.54, 1.807) is 11.6 Å². The monoisotopic (exact) mass is 379 g/mol. The molecular weight excluding hydrogens is 354 g/mol. The molecule has 0 saturated carbocycles. The highest BCUT2D eigenvalue weighted by Gasteiger charge is 2.09. The second kappa shape index (κ2) is 9.85. The van der Waals surface area contributed by atoms with E-state index < -0.39 is 5.91 Å². The molecule has 6 heteroatoms. The number of H-pyrrole nitrogens is 1. The van der Waals surface area contributed by atoms with Crippen LogP contribution in [0.15, 0.2) is 60.8 Å². The molecule has 0 aliphatic rings. The van der Waals surface area contributed by atoms with Crippen LogP contribution in [0.1, 0.15) is 23.6 Å². The Hall–Kier alpha value is -2.93. The van der Waals surface area contributed by atoms with Crippen molar-refractivity contribution in [1.29, 1.82) is 0 Å². The largest absolute Gasteiger partial charge is 0.361 e. The highest BCUT2D eigenvalue weighted by Crippen LogP contribution is 2.19. The molecular formula is C22H25N3O3. The molecule has 6 nitrogen and oxygen atoms in total. The first-order valence-electron chi connectivity index (χ1n) is 9.33. The van der Waals surface area contributed by atoms with Crippen molar-refractivity contribution in [3.05, 3.63) is 77.5 Å². The Morgan fingerprint density at radius 3 is 2.75 bits per heavy atom. The second-order valence-corrected chi connectivity index (χ2v) is 6.44. The zero-order chi connectivity index (χ0) is 19.8. The number of aromatic amines is 1. The van der Waals surface area contributed by atoms with Gasteiger partial charge in [0, 0.05) is 36.3 Å². The highest BCUT2D eigenvalue weighted by atomic mass is 16.7. The molecule has 28 heavy (non-hydrogen) atoms. The predicted molar refractivity (Wildman–Crippen MR) is 109 cm³/mol. The summed E-state index contributed by atoms with van der Waals surface area (Å²) >= 11 is 0. The summed E-state index contributed by atoms with van der Waals surface area (Å²) in [4.78, 5) is 20.2. The van der Waals surface area contributed by atoms with Gasteiger partial charge in [-0.25, -0.2) is 5.48 Å². The summed E-state index contributed by atoms with van der Waals surface area (Å²) in [6.45, 7) is 4.06. The van der Waals surface area contributed by atoms with Crippen LogP contribution in [0.4, 0.5) is 0 Å². The first-order valence-corrected chi connectivity index (χ1v) is 9.33. The molecule has 0 fully saturated rings. The van der Waals surface area contributed by atoms with E-state index in [1.807, 2.05) is 42.3 Å². The van der Waals surface area contributed by atoms with Gasteiger partial charge in [-0.3, -0.25) is 14.8 Å². The quantitative estimate of drug-likeness (QED) is 0.301. The molecule has 1 amide bonds. The van der Waals surface area contributed by atoms with Crippen molar-refractivity contribution >= 4 is 22.9 Å². The molecule has 146 valence electrons. The Morgan fingerprint density at radius 1 is 1.21 bits per heavy atom. The average molecular weight is 379 g/mol. The molecule has 2 aromatic carbocycles. The Labute approximate surface area is 164 Å². The predicted octanol–water partition coefficient (Wildman–Crippen LogP) is 3.68. The van der Waals surface area contributed by atoms with E-state index in [2.05, 4.69) is 29.4 Å². The van der Waals surface area contributed by atoms with Crippen molar-refractivity contribution < 1.29 is 14.8 Å². The van der Waals surface area contributed by atoms with Crippen LogP contribution in [0.3, 0.4) is 0 Å². The molecule has 0 atom stereocenters. The number of hydroxylamine groups is 3. The Kier molecular flexibility index (Phi) is 6.97. The van der Waals surface area contributed by atoms with E-state index in [0.717, 1.165) is 29.6 Å². The molecule has 1 aromatic heterocycles. The number of rotatable bonds is 9. The lowest BCUT2D eigenvalue weighted by atomic mass is 10.1. The molecule has 1 heterocycles. The lowest BCUT2D eigenvalue weighted by Crippen LogP contribution is -2.26. The van der Waals surface area contributed by atoms with Gasteiger partial charge in [0.2, 0.25) is 0 Å². The summed E-state index contributed by atoms with van der Waals surface area (Å²) in [5, 5.41) is 11.7. The van der Waals surface area contributed by atoms with E-state index >= 15 is 0 Å². The summed E-state index contributed by atoms with van der Waals surface area (Å²) in [6.07, 6.45) is 5.88. The van der Waals surface area contributed by atoms with Crippen molar-refractivity contribution in [2.75, 3.05) is 13.2 Å². The fourth-order valence-electron chi connectivity index (χ4n) is 3.10. The van der Waals surface area contributed by atoms with Gasteiger partial charge in [0.15, 0.2) is 0 Å². The Bertz CT molecular complexity index is 932. The van der Waals surface area contributed by atoms with E-state index in [1.165, 1.54) is 17.0 Å². The van der Waals surface area contributed by atoms with E-state index in [-0.39, 0.29) is 0 Å². The Balaban J connectivity index is 1.61. The molecule has 3 N–H and O–H groups in total. The molecule has 0 spiro atoms. The van der Waals surface area contributed by atoms with Gasteiger partial charge < -0.3 is 4.98 Å². The smallest absolute Gasteiger partial charge is 0.267 e. The second-order valence-electron chi connectivity index (χ2n) is 6.44. The molecule has 0 aliphatic heterocycles. The number of hydrogen-bond acceptors (Lipinski definition) is 4. The third-order valence-electron chi connectivity index (χ3n) is 4.49. The number of carbonyl (C=O) groups excluding carboxylic acids is 1. The molecule has 0 bridgehead atoms. The van der Waals surface area contributed by atoms with E-state index in [0.29, 0.717) is 13.2 Å². The fraction of sp³-hybridized carbons (Fsp3) is 0.227. The molecule has 0 saturated heterocycles. The van der Waals surface area contributed by atoms with Gasteiger partial charge in [0.1, 0.15) is 0 Å². The first kappa shape index (κ1) is 19.8. The van der Waals surface area contributed by atoms with Gasteiger partial charge in [-0.15, -0.1) is 0 Å². The third kappa shape index (κ3) is 5.29. The number of hydrogen-bond donors (Lipinski definition) is 3. The van der Waals surface area contributed by atoms with Gasteiger partial charge in [-0.2, -0.15) is 5.06 Å². The SMILES string of the molecule is CCON(CCc1c[nH]c2ccccc12)Cc1ccc(/C=C/C(=O)NO)cc1. The van der Waals surface area contributed by atoms with Gasteiger partial charge in [0.05, 0.1) is 6.61 Å². The maximum Gasteiger partial charge on any atom is 0.267 e. The van der Waals surface area contributed by atoms with Crippen LogP contribution in [0.5, 0.6) is 0 Å². The first-order chi connectivity index (χ1) is 13.7. The van der Waals surface area contributed by atoms with Gasteiger partial charge >= 0.3 is 0 Å². The van der Waals surface area contributed by atoms with Crippen LogP contribution < -0.4 is 5.48 Å². The lowest BCUT2D eigenvalue weighted by molar-refractivity contribution is -0.161. The summed E-state index contributed by atoms with van der Waals surface area (Å²) in [6, 6.07) is 16.2. The number of nitrogens with one attached hydrogen (secondary N) is 2. The van der Waals surface area contributed by atoms with Gasteiger partial charge in [-0.05, 0) is 42.2 Å². The maximum atomic E-state index is 11.0. The van der Waals surface area contributed by atoms with Crippen molar-refractivity contribution in [3.63, 3.8) is 0 Å². The zero-order valence-corrected chi connectivity index (χ0v) is 15.9. The van der Waals surface area contributed by atoms with Gasteiger partial charge in [0.25, 0.3) is 5.91 Å². The molecule has 0 radical (unpaired) electrons. The minimum absolute atomic E-state index is 0.552. The highest BCUT2D eigenvalue weighted by molar-refractivity contribution is 5.90. The van der Waals surface area contributed by atoms with Crippen molar-refractivity contribution in [1.82, 2.24) is 15.5 Å². The number of carbonyl (C=O) groups is 1. The Morgan fingerprint density at radius 2 is 2.00 bits per heavy atom. The molecule has 0 unspecified atom stereocenters. The van der Waals surface area contributed by atoms with Crippen LogP contribution >= 0.6 is 0 Å². The van der Waals surface area contributed by atoms with Crippen molar-refractivity contribution in [2.45, 2.75) is 19.9 Å². The van der Waals surface area contributed by atoms with Gasteiger partial charge in [-0.1, -0.05) is 42.5 Å². The summed E-state index contributed by atoms with van der Waals surface area (Å²) in [5.41, 5.74) is 6.01. The normalized spacial score (nSPS) is 11.5. The average Bonchev–Trinajstić information content (AvgIpc) is 3.14. The minimum atomic E-state index is -0.552. The molecule has 3 aromatic rings. The zero-order valence-electron chi connectivity index (χ0n) is 15.9.